The van der Waals surface area contributed by atoms with Gasteiger partial charge in [-0.2, -0.15) is 0 Å². The summed E-state index contributed by atoms with van der Waals surface area (Å²) >= 11 is 0. The van der Waals surface area contributed by atoms with Crippen LogP contribution in [0, 0.1) is 12.3 Å². The summed E-state index contributed by atoms with van der Waals surface area (Å²) in [5.41, 5.74) is 1.07. The van der Waals surface area contributed by atoms with Gasteiger partial charge in [-0.05, 0) is 24.7 Å². The molecule has 1 N–H and O–H groups in total. The topological polar surface area (TPSA) is 23.5 Å². The van der Waals surface area contributed by atoms with Crippen LogP contribution in [0.4, 0.5) is 0 Å². The monoisotopic (exact) mass is 175 g/mol. The zero-order valence-electron chi connectivity index (χ0n) is 7.70. The molecule has 0 aromatic heterocycles. The molecule has 1 aromatic rings. The predicted molar refractivity (Wildman–Crippen MR) is 53.3 cm³/mol. The molecule has 0 radical (unpaired) electrons. The third-order valence-corrected chi connectivity index (χ3v) is 1.72. The molecule has 0 bridgehead atoms. The van der Waals surface area contributed by atoms with Crippen LogP contribution in [0.5, 0.6) is 5.75 Å². The first-order chi connectivity index (χ1) is 6.22. The second-order valence-electron chi connectivity index (χ2n) is 3.05. The number of aromatic hydroxyl groups is 1. The quantitative estimate of drug-likeness (QED) is 0.703. The fourth-order valence-corrected chi connectivity index (χ4v) is 1.18. The van der Waals surface area contributed by atoms with Crippen molar-refractivity contribution in [2.24, 2.45) is 0 Å². The Bertz CT molecular complexity index is 314. The first-order valence-electron chi connectivity index (χ1n) is 4.12. The Balaban J connectivity index is 2.59. The molecule has 0 aliphatic heterocycles. The van der Waals surface area contributed by atoms with Crippen molar-refractivity contribution in [2.45, 2.75) is 6.54 Å². The van der Waals surface area contributed by atoms with Crippen molar-refractivity contribution in [3.63, 3.8) is 0 Å². The zero-order valence-corrected chi connectivity index (χ0v) is 7.70. The first-order valence-corrected chi connectivity index (χ1v) is 4.12. The van der Waals surface area contributed by atoms with Crippen molar-refractivity contribution in [1.82, 2.24) is 4.90 Å². The number of phenolic OH excluding ortho intramolecular Hbond substituents is 1. The SMILES string of the molecule is C#CCN(C)Cc1cccc(O)c1. The lowest BCUT2D eigenvalue weighted by Gasteiger charge is -2.12. The van der Waals surface area contributed by atoms with Crippen LogP contribution in [0.1, 0.15) is 5.56 Å². The second-order valence-corrected chi connectivity index (χ2v) is 3.05. The lowest BCUT2D eigenvalue weighted by molar-refractivity contribution is 0.368. The van der Waals surface area contributed by atoms with Crippen LogP contribution in [0.25, 0.3) is 0 Å². The maximum atomic E-state index is 9.20. The van der Waals surface area contributed by atoms with E-state index < -0.39 is 0 Å². The fourth-order valence-electron chi connectivity index (χ4n) is 1.18. The van der Waals surface area contributed by atoms with Gasteiger partial charge >= 0.3 is 0 Å². The number of hydrogen-bond donors (Lipinski definition) is 1. The highest BCUT2D eigenvalue weighted by Gasteiger charge is 1.98. The lowest BCUT2D eigenvalue weighted by Crippen LogP contribution is -2.17. The van der Waals surface area contributed by atoms with E-state index in [1.165, 1.54) is 0 Å². The number of nitrogens with zero attached hydrogens (tertiary/aromatic N) is 1. The minimum atomic E-state index is 0.298. The van der Waals surface area contributed by atoms with Crippen molar-refractivity contribution in [3.8, 4) is 18.1 Å². The molecule has 68 valence electrons. The van der Waals surface area contributed by atoms with Crippen LogP contribution in [0.3, 0.4) is 0 Å². The summed E-state index contributed by atoms with van der Waals surface area (Å²) in [5, 5.41) is 9.20. The van der Waals surface area contributed by atoms with Gasteiger partial charge in [-0.25, -0.2) is 0 Å². The van der Waals surface area contributed by atoms with Crippen molar-refractivity contribution in [2.75, 3.05) is 13.6 Å². The second kappa shape index (κ2) is 4.54. The summed E-state index contributed by atoms with van der Waals surface area (Å²) in [6, 6.07) is 7.19. The molecule has 2 nitrogen and oxygen atoms in total. The summed E-state index contributed by atoms with van der Waals surface area (Å²) in [4.78, 5) is 2.01. The van der Waals surface area contributed by atoms with E-state index in [0.29, 0.717) is 12.3 Å². The number of phenols is 1. The molecule has 13 heavy (non-hydrogen) atoms. The third kappa shape index (κ3) is 3.18. The maximum absolute atomic E-state index is 9.20. The smallest absolute Gasteiger partial charge is 0.115 e. The van der Waals surface area contributed by atoms with E-state index in [9.17, 15) is 5.11 Å². The Morgan fingerprint density at radius 3 is 2.92 bits per heavy atom. The van der Waals surface area contributed by atoms with Gasteiger partial charge in [-0.1, -0.05) is 18.1 Å². The largest absolute Gasteiger partial charge is 0.508 e. The van der Waals surface area contributed by atoms with E-state index in [-0.39, 0.29) is 0 Å². The Morgan fingerprint density at radius 1 is 1.54 bits per heavy atom. The molecule has 0 fully saturated rings. The van der Waals surface area contributed by atoms with E-state index in [4.69, 9.17) is 6.42 Å². The average Bonchev–Trinajstić information content (AvgIpc) is 2.04. The minimum Gasteiger partial charge on any atom is -0.508 e. The third-order valence-electron chi connectivity index (χ3n) is 1.72. The zero-order chi connectivity index (χ0) is 9.68. The Kier molecular flexibility index (Phi) is 3.36. The average molecular weight is 175 g/mol. The van der Waals surface area contributed by atoms with E-state index >= 15 is 0 Å². The molecule has 1 aromatic carbocycles. The number of terminal acetylenes is 1. The summed E-state index contributed by atoms with van der Waals surface area (Å²) in [6.45, 7) is 1.38. The molecular formula is C11H13NO. The molecule has 0 heterocycles. The van der Waals surface area contributed by atoms with Gasteiger partial charge in [0.25, 0.3) is 0 Å². The standard InChI is InChI=1S/C11H13NO/c1-3-7-12(2)9-10-5-4-6-11(13)8-10/h1,4-6,8,13H,7,9H2,2H3. The lowest BCUT2D eigenvalue weighted by atomic mass is 10.2. The Morgan fingerprint density at radius 2 is 2.31 bits per heavy atom. The van der Waals surface area contributed by atoms with Crippen LogP contribution >= 0.6 is 0 Å². The van der Waals surface area contributed by atoms with Gasteiger partial charge < -0.3 is 5.11 Å². The molecule has 2 heteroatoms. The molecule has 1 rings (SSSR count). The van der Waals surface area contributed by atoms with Crippen LogP contribution in [-0.2, 0) is 6.54 Å². The van der Waals surface area contributed by atoms with E-state index in [1.54, 1.807) is 12.1 Å². The van der Waals surface area contributed by atoms with Gasteiger partial charge in [-0.15, -0.1) is 6.42 Å². The highest BCUT2D eigenvalue weighted by molar-refractivity contribution is 5.26. The molecule has 0 amide bonds. The Labute approximate surface area is 78.8 Å². The highest BCUT2D eigenvalue weighted by atomic mass is 16.3. The highest BCUT2D eigenvalue weighted by Crippen LogP contribution is 2.11. The van der Waals surface area contributed by atoms with Gasteiger partial charge in [0.2, 0.25) is 0 Å². The normalized spacial score (nSPS) is 9.92. The fraction of sp³-hybridized carbons (Fsp3) is 0.273. The summed E-state index contributed by atoms with van der Waals surface area (Å²) in [7, 11) is 1.95. The number of hydrogen-bond acceptors (Lipinski definition) is 2. The molecule has 0 saturated carbocycles. The van der Waals surface area contributed by atoms with Crippen LogP contribution < -0.4 is 0 Å². The van der Waals surface area contributed by atoms with E-state index in [2.05, 4.69) is 5.92 Å². The molecule has 0 atom stereocenters. The van der Waals surface area contributed by atoms with Gasteiger partial charge in [0.15, 0.2) is 0 Å². The van der Waals surface area contributed by atoms with Crippen LogP contribution in [-0.4, -0.2) is 23.6 Å². The summed E-state index contributed by atoms with van der Waals surface area (Å²) < 4.78 is 0. The van der Waals surface area contributed by atoms with E-state index in [0.717, 1.165) is 12.1 Å². The van der Waals surface area contributed by atoms with Crippen LogP contribution in [0.15, 0.2) is 24.3 Å². The van der Waals surface area contributed by atoms with Gasteiger partial charge in [-0.3, -0.25) is 4.90 Å². The maximum Gasteiger partial charge on any atom is 0.115 e. The van der Waals surface area contributed by atoms with E-state index in [1.807, 2.05) is 24.1 Å². The predicted octanol–water partition coefficient (Wildman–Crippen LogP) is 1.46. The summed E-state index contributed by atoms with van der Waals surface area (Å²) in [5.74, 6) is 2.86. The van der Waals surface area contributed by atoms with Crippen molar-refractivity contribution >= 4 is 0 Å². The molecule has 0 aliphatic carbocycles. The molecular weight excluding hydrogens is 162 g/mol. The van der Waals surface area contributed by atoms with Crippen molar-refractivity contribution < 1.29 is 5.11 Å². The molecule has 0 unspecified atom stereocenters. The molecule has 0 spiro atoms. The minimum absolute atomic E-state index is 0.298. The number of rotatable bonds is 3. The molecule has 0 saturated heterocycles. The van der Waals surface area contributed by atoms with Gasteiger partial charge in [0.05, 0.1) is 6.54 Å². The molecule has 0 aliphatic rings. The van der Waals surface area contributed by atoms with Gasteiger partial charge in [0, 0.05) is 6.54 Å². The first kappa shape index (κ1) is 9.63. The van der Waals surface area contributed by atoms with Crippen molar-refractivity contribution in [3.05, 3.63) is 29.8 Å². The van der Waals surface area contributed by atoms with Crippen molar-refractivity contribution in [1.29, 1.82) is 0 Å². The number of benzene rings is 1. The van der Waals surface area contributed by atoms with Gasteiger partial charge in [0.1, 0.15) is 5.75 Å². The van der Waals surface area contributed by atoms with Crippen LogP contribution in [0.2, 0.25) is 0 Å². The Hall–Kier alpha value is -1.46. The summed E-state index contributed by atoms with van der Waals surface area (Å²) in [6.07, 6.45) is 5.17.